The van der Waals surface area contributed by atoms with Gasteiger partial charge in [0.05, 0.1) is 6.54 Å². The summed E-state index contributed by atoms with van der Waals surface area (Å²) in [6.45, 7) is 0.177. The monoisotopic (exact) mass is 348 g/mol. The van der Waals surface area contributed by atoms with Gasteiger partial charge in [-0.15, -0.1) is 11.3 Å². The van der Waals surface area contributed by atoms with Crippen LogP contribution in [0, 0.1) is 5.82 Å². The number of imide groups is 1. The van der Waals surface area contributed by atoms with E-state index in [0.29, 0.717) is 10.6 Å². The highest BCUT2D eigenvalue weighted by molar-refractivity contribution is 7.13. The van der Waals surface area contributed by atoms with Gasteiger partial charge >= 0.3 is 6.03 Å². The van der Waals surface area contributed by atoms with E-state index in [2.05, 4.69) is 15.6 Å². The number of nitrogens with one attached hydrogen (secondary N) is 2. The molecule has 0 radical (unpaired) electrons. The molecule has 0 bridgehead atoms. The third-order valence-electron chi connectivity index (χ3n) is 3.40. The van der Waals surface area contributed by atoms with Gasteiger partial charge in [-0.25, -0.2) is 14.2 Å². The number of amides is 4. The number of halogens is 1. The number of benzene rings is 1. The van der Waals surface area contributed by atoms with Gasteiger partial charge in [0.2, 0.25) is 5.91 Å². The molecule has 9 heteroatoms. The summed E-state index contributed by atoms with van der Waals surface area (Å²) < 4.78 is 13.7. The number of carbonyl (C=O) groups excluding carboxylic acids is 3. The van der Waals surface area contributed by atoms with Crippen molar-refractivity contribution in [2.45, 2.75) is 0 Å². The van der Waals surface area contributed by atoms with E-state index in [1.165, 1.54) is 11.4 Å². The van der Waals surface area contributed by atoms with Crippen LogP contribution in [0.15, 0.2) is 29.6 Å². The molecule has 3 rings (SSSR count). The molecule has 2 N–H and O–H groups in total. The van der Waals surface area contributed by atoms with E-state index in [4.69, 9.17) is 0 Å². The van der Waals surface area contributed by atoms with E-state index >= 15 is 0 Å². The van der Waals surface area contributed by atoms with Crippen LogP contribution < -0.4 is 10.6 Å². The number of aromatic nitrogens is 1. The van der Waals surface area contributed by atoms with Crippen LogP contribution >= 0.6 is 11.3 Å². The Morgan fingerprint density at radius 1 is 1.38 bits per heavy atom. The number of rotatable bonds is 5. The lowest BCUT2D eigenvalue weighted by atomic mass is 10.2. The Bertz CT molecular complexity index is 792. The van der Waals surface area contributed by atoms with Crippen LogP contribution in [0.1, 0.15) is 10.5 Å². The van der Waals surface area contributed by atoms with Crippen molar-refractivity contribution in [3.8, 4) is 10.6 Å². The average Bonchev–Trinajstić information content (AvgIpc) is 3.17. The summed E-state index contributed by atoms with van der Waals surface area (Å²) in [7, 11) is 0. The van der Waals surface area contributed by atoms with Crippen molar-refractivity contribution in [1.82, 2.24) is 20.5 Å². The minimum atomic E-state index is -0.468. The fraction of sp³-hybridized carbons (Fsp3) is 0.200. The van der Waals surface area contributed by atoms with Crippen molar-refractivity contribution in [3.05, 3.63) is 41.2 Å². The molecular formula is C15H13FN4O3S. The molecule has 0 atom stereocenters. The molecule has 2 heterocycles. The van der Waals surface area contributed by atoms with Gasteiger partial charge in [-0.3, -0.25) is 14.5 Å². The largest absolute Gasteiger partial charge is 0.349 e. The Kier molecular flexibility index (Phi) is 4.52. The lowest BCUT2D eigenvalue weighted by Gasteiger charge is -2.12. The molecule has 1 fully saturated rings. The molecular weight excluding hydrogens is 335 g/mol. The summed E-state index contributed by atoms with van der Waals surface area (Å²) in [5.74, 6) is -1.18. The van der Waals surface area contributed by atoms with Crippen molar-refractivity contribution < 1.29 is 18.8 Å². The molecule has 0 aliphatic carbocycles. The van der Waals surface area contributed by atoms with Gasteiger partial charge in [0, 0.05) is 24.0 Å². The zero-order valence-corrected chi connectivity index (χ0v) is 13.2. The summed E-state index contributed by atoms with van der Waals surface area (Å²) in [5, 5.41) is 6.92. The van der Waals surface area contributed by atoms with Crippen molar-refractivity contribution in [2.75, 3.05) is 19.6 Å². The summed E-state index contributed by atoms with van der Waals surface area (Å²) >= 11 is 1.16. The first kappa shape index (κ1) is 16.1. The minimum absolute atomic E-state index is 0.0230. The topological polar surface area (TPSA) is 91.4 Å². The number of nitrogens with zero attached hydrogens (tertiary/aromatic N) is 2. The molecule has 1 aromatic heterocycles. The van der Waals surface area contributed by atoms with Gasteiger partial charge in [-0.05, 0) is 12.1 Å². The summed E-state index contributed by atoms with van der Waals surface area (Å²) in [4.78, 5) is 40.0. The molecule has 7 nitrogen and oxygen atoms in total. The van der Waals surface area contributed by atoms with Crippen LogP contribution in [0.3, 0.4) is 0 Å². The molecule has 1 saturated heterocycles. The molecule has 0 saturated carbocycles. The highest BCUT2D eigenvalue weighted by Gasteiger charge is 2.27. The summed E-state index contributed by atoms with van der Waals surface area (Å²) in [6, 6.07) is 5.72. The fourth-order valence-corrected chi connectivity index (χ4v) is 3.02. The van der Waals surface area contributed by atoms with Crippen molar-refractivity contribution in [3.63, 3.8) is 0 Å². The first-order chi connectivity index (χ1) is 11.6. The number of hydrogen-bond acceptors (Lipinski definition) is 5. The van der Waals surface area contributed by atoms with Crippen LogP contribution in [-0.4, -0.2) is 47.4 Å². The fourth-order valence-electron chi connectivity index (χ4n) is 2.19. The normalized spacial score (nSPS) is 14.0. The minimum Gasteiger partial charge on any atom is -0.349 e. The molecule has 2 aromatic rings. The van der Waals surface area contributed by atoms with Crippen molar-refractivity contribution >= 4 is 29.2 Å². The van der Waals surface area contributed by atoms with Crippen molar-refractivity contribution in [2.24, 2.45) is 0 Å². The smallest absolute Gasteiger partial charge is 0.324 e. The Morgan fingerprint density at radius 3 is 2.88 bits per heavy atom. The van der Waals surface area contributed by atoms with Crippen molar-refractivity contribution in [1.29, 1.82) is 0 Å². The SMILES string of the molecule is O=C(NCCN1C(=O)CNC1=O)c1csc(-c2ccccc2F)n1. The summed E-state index contributed by atoms with van der Waals surface area (Å²) in [6.07, 6.45) is 0. The van der Waals surface area contributed by atoms with Crippen LogP contribution in [0.25, 0.3) is 10.6 Å². The van der Waals surface area contributed by atoms with Gasteiger partial charge in [0.1, 0.15) is 16.5 Å². The zero-order valence-electron chi connectivity index (χ0n) is 12.4. The molecule has 1 aliphatic heterocycles. The lowest BCUT2D eigenvalue weighted by Crippen LogP contribution is -2.38. The molecule has 24 heavy (non-hydrogen) atoms. The maximum Gasteiger partial charge on any atom is 0.324 e. The maximum absolute atomic E-state index is 13.7. The van der Waals surface area contributed by atoms with Gasteiger partial charge in [-0.2, -0.15) is 0 Å². The molecule has 0 unspecified atom stereocenters. The zero-order chi connectivity index (χ0) is 17.1. The van der Waals surface area contributed by atoms with Crippen LogP contribution in [0.5, 0.6) is 0 Å². The first-order valence-corrected chi connectivity index (χ1v) is 8.01. The van der Waals surface area contributed by atoms with Crippen LogP contribution in [0.4, 0.5) is 9.18 Å². The van der Waals surface area contributed by atoms with E-state index in [1.807, 2.05) is 0 Å². The highest BCUT2D eigenvalue weighted by atomic mass is 32.1. The number of thiazole rings is 1. The predicted molar refractivity (Wildman–Crippen MR) is 85.0 cm³/mol. The average molecular weight is 348 g/mol. The standard InChI is InChI=1S/C15H13FN4O3S/c16-10-4-2-1-3-9(10)14-19-11(8-24-14)13(22)17-5-6-20-12(21)7-18-15(20)23/h1-4,8H,5-7H2,(H,17,22)(H,18,23). The second-order valence-electron chi connectivity index (χ2n) is 4.98. The van der Waals surface area contributed by atoms with E-state index in [1.54, 1.807) is 18.2 Å². The second kappa shape index (κ2) is 6.75. The molecule has 1 aliphatic rings. The quantitative estimate of drug-likeness (QED) is 0.795. The second-order valence-corrected chi connectivity index (χ2v) is 5.84. The number of carbonyl (C=O) groups is 3. The number of urea groups is 1. The van der Waals surface area contributed by atoms with E-state index < -0.39 is 17.8 Å². The van der Waals surface area contributed by atoms with Gasteiger partial charge in [0.25, 0.3) is 5.91 Å². The number of hydrogen-bond donors (Lipinski definition) is 2. The van der Waals surface area contributed by atoms with Gasteiger partial charge in [0.15, 0.2) is 0 Å². The van der Waals surface area contributed by atoms with E-state index in [-0.39, 0.29) is 31.2 Å². The first-order valence-electron chi connectivity index (χ1n) is 7.13. The Hall–Kier alpha value is -2.81. The summed E-state index contributed by atoms with van der Waals surface area (Å²) in [5.41, 5.74) is 0.497. The van der Waals surface area contributed by atoms with Crippen LogP contribution in [0.2, 0.25) is 0 Å². The predicted octanol–water partition coefficient (Wildman–Crippen LogP) is 1.23. The highest BCUT2D eigenvalue weighted by Crippen LogP contribution is 2.25. The Morgan fingerprint density at radius 2 is 2.17 bits per heavy atom. The molecule has 1 aromatic carbocycles. The van der Waals surface area contributed by atoms with E-state index in [0.717, 1.165) is 16.2 Å². The maximum atomic E-state index is 13.7. The third-order valence-corrected chi connectivity index (χ3v) is 4.27. The lowest BCUT2D eigenvalue weighted by molar-refractivity contribution is -0.124. The molecule has 0 spiro atoms. The Labute approximate surface area is 140 Å². The van der Waals surface area contributed by atoms with Crippen LogP contribution in [-0.2, 0) is 4.79 Å². The molecule has 124 valence electrons. The van der Waals surface area contributed by atoms with E-state index in [9.17, 15) is 18.8 Å². The third kappa shape index (κ3) is 3.25. The Balaban J connectivity index is 1.59. The van der Waals surface area contributed by atoms with Gasteiger partial charge in [-0.1, -0.05) is 12.1 Å². The van der Waals surface area contributed by atoms with Gasteiger partial charge < -0.3 is 10.6 Å². The molecule has 4 amide bonds.